The fourth-order valence-corrected chi connectivity index (χ4v) is 1.53. The van der Waals surface area contributed by atoms with Gasteiger partial charge in [0.25, 0.3) is 5.91 Å². The van der Waals surface area contributed by atoms with Gasteiger partial charge in [-0.3, -0.25) is 9.59 Å². The summed E-state index contributed by atoms with van der Waals surface area (Å²) < 4.78 is 4.78. The Labute approximate surface area is 111 Å². The van der Waals surface area contributed by atoms with Gasteiger partial charge in [0.15, 0.2) is 0 Å². The van der Waals surface area contributed by atoms with Gasteiger partial charge in [0.1, 0.15) is 5.75 Å². The van der Waals surface area contributed by atoms with E-state index in [-0.39, 0.29) is 41.8 Å². The van der Waals surface area contributed by atoms with Gasteiger partial charge in [0.2, 0.25) is 0 Å². The number of aromatic hydroxyl groups is 1. The second-order valence-corrected chi connectivity index (χ2v) is 4.05. The highest BCUT2D eigenvalue weighted by Crippen LogP contribution is 2.19. The summed E-state index contributed by atoms with van der Waals surface area (Å²) in [5.74, 6) is -0.736. The number of nitrogen functional groups attached to an aromatic ring is 1. The van der Waals surface area contributed by atoms with Crippen LogP contribution in [-0.2, 0) is 9.53 Å². The molecule has 0 radical (unpaired) electrons. The monoisotopic (exact) mass is 266 g/mol. The number of ether oxygens (including phenoxy) is 1. The van der Waals surface area contributed by atoms with Gasteiger partial charge in [-0.05, 0) is 25.1 Å². The third kappa shape index (κ3) is 4.17. The normalized spacial score (nSPS) is 10.0. The first-order chi connectivity index (χ1) is 8.95. The lowest BCUT2D eigenvalue weighted by Crippen LogP contribution is -2.30. The molecule has 6 heteroatoms. The number of carbonyl (C=O) groups is 2. The van der Waals surface area contributed by atoms with Crippen LogP contribution in [0.3, 0.4) is 0 Å². The van der Waals surface area contributed by atoms with E-state index < -0.39 is 0 Å². The minimum absolute atomic E-state index is 0.0312. The van der Waals surface area contributed by atoms with E-state index in [1.807, 2.05) is 0 Å². The van der Waals surface area contributed by atoms with E-state index in [4.69, 9.17) is 10.5 Å². The quantitative estimate of drug-likeness (QED) is 0.471. The van der Waals surface area contributed by atoms with Crippen molar-refractivity contribution in [1.82, 2.24) is 4.90 Å². The number of phenolic OH excluding ortho intramolecular Hbond substituents is 1. The number of benzene rings is 1. The second-order valence-electron chi connectivity index (χ2n) is 4.05. The molecule has 1 aromatic carbocycles. The van der Waals surface area contributed by atoms with Crippen molar-refractivity contribution in [2.24, 2.45) is 0 Å². The molecule has 0 aromatic heterocycles. The van der Waals surface area contributed by atoms with Crippen LogP contribution in [0, 0.1) is 0 Å². The summed E-state index contributed by atoms with van der Waals surface area (Å²) in [7, 11) is 1.56. The number of amides is 1. The smallest absolute Gasteiger partial charge is 0.307 e. The summed E-state index contributed by atoms with van der Waals surface area (Å²) >= 11 is 0. The van der Waals surface area contributed by atoms with Crippen molar-refractivity contribution >= 4 is 17.6 Å². The number of hydrogen-bond donors (Lipinski definition) is 2. The Morgan fingerprint density at radius 2 is 2.11 bits per heavy atom. The van der Waals surface area contributed by atoms with E-state index in [1.165, 1.54) is 23.1 Å². The van der Waals surface area contributed by atoms with Gasteiger partial charge in [-0.15, -0.1) is 0 Å². The SMILES string of the molecule is CCOC(=O)CCN(C)C(=O)c1cc(O)ccc1N. The zero-order valence-corrected chi connectivity index (χ0v) is 11.0. The lowest BCUT2D eigenvalue weighted by atomic mass is 10.1. The molecule has 3 N–H and O–H groups in total. The van der Waals surface area contributed by atoms with Crippen LogP contribution in [0.15, 0.2) is 18.2 Å². The third-order valence-corrected chi connectivity index (χ3v) is 2.57. The molecule has 0 aliphatic heterocycles. The Morgan fingerprint density at radius 3 is 2.74 bits per heavy atom. The molecule has 1 aromatic rings. The van der Waals surface area contributed by atoms with Crippen LogP contribution in [0.25, 0.3) is 0 Å². The summed E-state index contributed by atoms with van der Waals surface area (Å²) in [6.07, 6.45) is 0.120. The van der Waals surface area contributed by atoms with E-state index in [0.29, 0.717) is 6.61 Å². The molecule has 0 aliphatic carbocycles. The van der Waals surface area contributed by atoms with Crippen molar-refractivity contribution in [1.29, 1.82) is 0 Å². The van der Waals surface area contributed by atoms with Crippen LogP contribution in [0.5, 0.6) is 5.75 Å². The molecule has 0 fully saturated rings. The van der Waals surface area contributed by atoms with E-state index in [9.17, 15) is 14.7 Å². The Balaban J connectivity index is 2.66. The molecular weight excluding hydrogens is 248 g/mol. The highest BCUT2D eigenvalue weighted by atomic mass is 16.5. The molecule has 0 unspecified atom stereocenters. The lowest BCUT2D eigenvalue weighted by molar-refractivity contribution is -0.143. The van der Waals surface area contributed by atoms with Gasteiger partial charge in [-0.25, -0.2) is 0 Å². The molecule has 0 saturated carbocycles. The first kappa shape index (κ1) is 14.8. The Bertz CT molecular complexity index is 474. The lowest BCUT2D eigenvalue weighted by Gasteiger charge is -2.17. The molecule has 0 spiro atoms. The fraction of sp³-hybridized carbons (Fsp3) is 0.385. The number of hydrogen-bond acceptors (Lipinski definition) is 5. The van der Waals surface area contributed by atoms with Crippen LogP contribution in [0.4, 0.5) is 5.69 Å². The number of rotatable bonds is 5. The minimum Gasteiger partial charge on any atom is -0.508 e. The number of esters is 1. The number of carbonyl (C=O) groups excluding carboxylic acids is 2. The fourth-order valence-electron chi connectivity index (χ4n) is 1.53. The summed E-state index contributed by atoms with van der Waals surface area (Å²) in [6, 6.07) is 4.17. The predicted octanol–water partition coefficient (Wildman–Crippen LogP) is 1.000. The Morgan fingerprint density at radius 1 is 1.42 bits per heavy atom. The van der Waals surface area contributed by atoms with Gasteiger partial charge < -0.3 is 20.5 Å². The van der Waals surface area contributed by atoms with Crippen LogP contribution in [0.1, 0.15) is 23.7 Å². The molecule has 6 nitrogen and oxygen atoms in total. The molecule has 1 amide bonds. The Kier molecular flexibility index (Phi) is 5.17. The molecule has 0 saturated heterocycles. The average Bonchev–Trinajstić information content (AvgIpc) is 2.38. The maximum atomic E-state index is 12.1. The van der Waals surface area contributed by atoms with Gasteiger partial charge in [0.05, 0.1) is 18.6 Å². The van der Waals surface area contributed by atoms with Crippen molar-refractivity contribution in [2.45, 2.75) is 13.3 Å². The van der Waals surface area contributed by atoms with Crippen molar-refractivity contribution in [3.8, 4) is 5.75 Å². The van der Waals surface area contributed by atoms with Gasteiger partial charge >= 0.3 is 5.97 Å². The molecule has 1 rings (SSSR count). The van der Waals surface area contributed by atoms with Gasteiger partial charge in [-0.1, -0.05) is 0 Å². The molecule has 0 bridgehead atoms. The minimum atomic E-state index is -0.356. The number of nitrogens with two attached hydrogens (primary N) is 1. The van der Waals surface area contributed by atoms with Crippen LogP contribution in [-0.4, -0.2) is 42.1 Å². The average molecular weight is 266 g/mol. The van der Waals surface area contributed by atoms with Gasteiger partial charge in [-0.2, -0.15) is 0 Å². The summed E-state index contributed by atoms with van der Waals surface area (Å²) in [6.45, 7) is 2.27. The van der Waals surface area contributed by atoms with Crippen LogP contribution >= 0.6 is 0 Å². The maximum absolute atomic E-state index is 12.1. The molecule has 0 heterocycles. The highest BCUT2D eigenvalue weighted by molar-refractivity contribution is 5.99. The number of anilines is 1. The van der Waals surface area contributed by atoms with Crippen LogP contribution < -0.4 is 5.73 Å². The predicted molar refractivity (Wildman–Crippen MR) is 70.7 cm³/mol. The number of nitrogens with zero attached hydrogens (tertiary/aromatic N) is 1. The van der Waals surface area contributed by atoms with E-state index in [2.05, 4.69) is 0 Å². The topological polar surface area (TPSA) is 92.9 Å². The van der Waals surface area contributed by atoms with Crippen molar-refractivity contribution in [3.63, 3.8) is 0 Å². The van der Waals surface area contributed by atoms with Crippen molar-refractivity contribution in [2.75, 3.05) is 25.9 Å². The Hall–Kier alpha value is -2.24. The van der Waals surface area contributed by atoms with Crippen molar-refractivity contribution in [3.05, 3.63) is 23.8 Å². The van der Waals surface area contributed by atoms with E-state index in [0.717, 1.165) is 0 Å². The van der Waals surface area contributed by atoms with E-state index >= 15 is 0 Å². The zero-order chi connectivity index (χ0) is 14.4. The molecule has 104 valence electrons. The summed E-state index contributed by atoms with van der Waals surface area (Å²) in [4.78, 5) is 24.6. The third-order valence-electron chi connectivity index (χ3n) is 2.57. The number of phenols is 1. The van der Waals surface area contributed by atoms with E-state index in [1.54, 1.807) is 14.0 Å². The van der Waals surface area contributed by atoms with Gasteiger partial charge in [0, 0.05) is 19.3 Å². The highest BCUT2D eigenvalue weighted by Gasteiger charge is 2.16. The van der Waals surface area contributed by atoms with Crippen LogP contribution in [0.2, 0.25) is 0 Å². The standard InChI is InChI=1S/C13H18N2O4/c1-3-19-12(17)6-7-15(2)13(18)10-8-9(16)4-5-11(10)14/h4-5,8,16H,3,6-7,14H2,1-2H3. The zero-order valence-electron chi connectivity index (χ0n) is 11.0. The molecule has 0 aliphatic rings. The molecule has 19 heavy (non-hydrogen) atoms. The first-order valence-corrected chi connectivity index (χ1v) is 5.95. The van der Waals surface area contributed by atoms with Crippen molar-refractivity contribution < 1.29 is 19.4 Å². The summed E-state index contributed by atoms with van der Waals surface area (Å²) in [5, 5.41) is 9.36. The first-order valence-electron chi connectivity index (χ1n) is 5.95. The summed E-state index contributed by atoms with van der Waals surface area (Å²) in [5.41, 5.74) is 6.18. The molecule has 0 atom stereocenters. The largest absolute Gasteiger partial charge is 0.508 e. The second kappa shape index (κ2) is 6.63. The molecular formula is C13H18N2O4. The maximum Gasteiger partial charge on any atom is 0.307 e.